The molecule has 6 aliphatic carbocycles. The lowest BCUT2D eigenvalue weighted by Gasteiger charge is -2.70. The molecule has 0 spiro atoms. The Morgan fingerprint density at radius 1 is 0.846 bits per heavy atom. The minimum Gasteiger partial charge on any atom is -0.392 e. The lowest BCUT2D eigenvalue weighted by atomic mass is 9.34. The molecule has 0 aromatic rings. The van der Waals surface area contributed by atoms with Crippen LogP contribution >= 0.6 is 0 Å². The first-order valence-electron chi connectivity index (χ1n) is 10.7. The predicted molar refractivity (Wildman–Crippen MR) is 108 cm³/mol. The van der Waals surface area contributed by atoms with Crippen LogP contribution in [0.3, 0.4) is 0 Å². The van der Waals surface area contributed by atoms with Crippen molar-refractivity contribution in [2.24, 2.45) is 21.7 Å². The highest BCUT2D eigenvalue weighted by atomic mass is 16.3. The smallest absolute Gasteiger partial charge is 0.145 e. The molecule has 2 nitrogen and oxygen atoms in total. The lowest BCUT2D eigenvalue weighted by molar-refractivity contribution is -0.174. The van der Waals surface area contributed by atoms with Crippen molar-refractivity contribution < 1.29 is 9.90 Å². The normalized spacial score (nSPS) is 42.3. The third-order valence-electron chi connectivity index (χ3n) is 7.44. The number of carbonyl (C=O) groups excluding carboxylic acids is 1. The largest absolute Gasteiger partial charge is 0.392 e. The molecule has 0 aromatic carbocycles. The first kappa shape index (κ1) is 19.9. The zero-order valence-corrected chi connectivity index (χ0v) is 17.4. The highest BCUT2D eigenvalue weighted by Gasteiger charge is 2.66. The molecule has 0 saturated heterocycles. The van der Waals surface area contributed by atoms with Gasteiger partial charge in [0.25, 0.3) is 0 Å². The van der Waals surface area contributed by atoms with Gasteiger partial charge in [0.1, 0.15) is 6.29 Å². The Morgan fingerprint density at radius 2 is 1.27 bits per heavy atom. The van der Waals surface area contributed by atoms with Crippen molar-refractivity contribution in [1.82, 2.24) is 0 Å². The van der Waals surface area contributed by atoms with E-state index >= 15 is 0 Å². The Hall–Kier alpha value is -0.890. The van der Waals surface area contributed by atoms with E-state index in [1.165, 1.54) is 64.2 Å². The standard InChI is InChI=1S/C12H20O.C12H18O/c2*1-3-4-11-7-12(8-11,9-11)5-10(2)6-13/h5,13H,3-4,6-9H2,1-2H3;5-6H,3-4,7-9H2,1-2H3/b2*10-5+. The van der Waals surface area contributed by atoms with Gasteiger partial charge in [-0.3, -0.25) is 4.79 Å². The van der Waals surface area contributed by atoms with Crippen molar-refractivity contribution in [1.29, 1.82) is 0 Å². The molecule has 6 aliphatic rings. The maximum atomic E-state index is 10.5. The first-order valence-corrected chi connectivity index (χ1v) is 10.7. The van der Waals surface area contributed by atoms with Gasteiger partial charge >= 0.3 is 0 Å². The molecule has 0 amide bonds. The van der Waals surface area contributed by atoms with Crippen LogP contribution in [0.25, 0.3) is 0 Å². The molecule has 1 N–H and O–H groups in total. The summed E-state index contributed by atoms with van der Waals surface area (Å²) in [5.74, 6) is 0. The average Bonchev–Trinajstić information content (AvgIpc) is 2.48. The van der Waals surface area contributed by atoms with E-state index < -0.39 is 0 Å². The maximum absolute atomic E-state index is 10.5. The molecule has 0 radical (unpaired) electrons. The van der Waals surface area contributed by atoms with Gasteiger partial charge in [-0.1, -0.05) is 44.4 Å². The third-order valence-corrected chi connectivity index (χ3v) is 7.44. The van der Waals surface area contributed by atoms with Crippen molar-refractivity contribution in [3.63, 3.8) is 0 Å². The summed E-state index contributed by atoms with van der Waals surface area (Å²) in [5.41, 5.74) is 4.51. The number of aldehydes is 1. The van der Waals surface area contributed by atoms with Crippen LogP contribution in [-0.2, 0) is 4.79 Å². The van der Waals surface area contributed by atoms with Gasteiger partial charge in [0.05, 0.1) is 6.61 Å². The van der Waals surface area contributed by atoms with Gasteiger partial charge in [-0.2, -0.15) is 0 Å². The summed E-state index contributed by atoms with van der Waals surface area (Å²) in [7, 11) is 0. The molecule has 4 bridgehead atoms. The van der Waals surface area contributed by atoms with Crippen molar-refractivity contribution in [2.45, 2.75) is 91.9 Å². The van der Waals surface area contributed by atoms with Crippen LogP contribution in [0.1, 0.15) is 91.9 Å². The number of aliphatic hydroxyl groups is 1. The van der Waals surface area contributed by atoms with E-state index in [-0.39, 0.29) is 6.61 Å². The average molecular weight is 359 g/mol. The molecule has 2 heteroatoms. The van der Waals surface area contributed by atoms with Crippen LogP contribution < -0.4 is 0 Å². The summed E-state index contributed by atoms with van der Waals surface area (Å²) in [4.78, 5) is 10.5. The molecule has 6 fully saturated rings. The van der Waals surface area contributed by atoms with E-state index in [4.69, 9.17) is 5.11 Å². The zero-order valence-electron chi connectivity index (χ0n) is 17.4. The summed E-state index contributed by atoms with van der Waals surface area (Å²) in [5, 5.41) is 8.93. The first-order chi connectivity index (χ1) is 12.3. The topological polar surface area (TPSA) is 37.3 Å². The summed E-state index contributed by atoms with van der Waals surface area (Å²) in [6.07, 6.45) is 19.2. The monoisotopic (exact) mass is 358 g/mol. The van der Waals surface area contributed by atoms with Crippen LogP contribution in [0.15, 0.2) is 23.3 Å². The second-order valence-electron chi connectivity index (χ2n) is 10.4. The second kappa shape index (κ2) is 6.93. The minimum atomic E-state index is 0.239. The molecular weight excluding hydrogens is 320 g/mol. The minimum absolute atomic E-state index is 0.239. The number of allylic oxidation sites excluding steroid dienone is 3. The lowest BCUT2D eigenvalue weighted by Crippen LogP contribution is -2.60. The highest BCUT2D eigenvalue weighted by Crippen LogP contribution is 2.76. The molecule has 0 unspecified atom stereocenters. The second-order valence-corrected chi connectivity index (χ2v) is 10.4. The van der Waals surface area contributed by atoms with Gasteiger partial charge in [0, 0.05) is 0 Å². The summed E-state index contributed by atoms with van der Waals surface area (Å²) in [6.45, 7) is 8.73. The van der Waals surface area contributed by atoms with E-state index in [1.807, 2.05) is 13.8 Å². The van der Waals surface area contributed by atoms with Crippen LogP contribution in [0.4, 0.5) is 0 Å². The van der Waals surface area contributed by atoms with E-state index in [9.17, 15) is 4.79 Å². The van der Waals surface area contributed by atoms with Gasteiger partial charge in [-0.25, -0.2) is 0 Å². The van der Waals surface area contributed by atoms with E-state index in [0.717, 1.165) is 22.8 Å². The van der Waals surface area contributed by atoms with Gasteiger partial charge in [0.2, 0.25) is 0 Å². The Balaban J connectivity index is 0.000000151. The van der Waals surface area contributed by atoms with Gasteiger partial charge in [0.15, 0.2) is 0 Å². The Morgan fingerprint density at radius 3 is 1.62 bits per heavy atom. The molecule has 26 heavy (non-hydrogen) atoms. The van der Waals surface area contributed by atoms with E-state index in [2.05, 4.69) is 26.0 Å². The Kier molecular flexibility index (Phi) is 5.29. The van der Waals surface area contributed by atoms with E-state index in [1.54, 1.807) is 0 Å². The van der Waals surface area contributed by atoms with E-state index in [0.29, 0.717) is 16.2 Å². The van der Waals surface area contributed by atoms with Crippen LogP contribution in [0, 0.1) is 21.7 Å². The SMILES string of the molecule is CCCC12CC(/C=C(\C)C=O)(C1)C2.CCCC12CC(/C=C(\C)CO)(C1)C2. The van der Waals surface area contributed by atoms with Crippen molar-refractivity contribution in [2.75, 3.05) is 6.61 Å². The Labute approximate surface area is 160 Å². The molecule has 146 valence electrons. The molecule has 0 heterocycles. The number of aliphatic hydroxyl groups excluding tert-OH is 1. The Bertz CT molecular complexity index is 570. The fourth-order valence-electron chi connectivity index (χ4n) is 7.15. The van der Waals surface area contributed by atoms with Crippen LogP contribution in [0.2, 0.25) is 0 Å². The van der Waals surface area contributed by atoms with Crippen LogP contribution in [-0.4, -0.2) is 18.0 Å². The maximum Gasteiger partial charge on any atom is 0.145 e. The molecule has 0 aliphatic heterocycles. The fraction of sp³-hybridized carbons (Fsp3) is 0.792. The van der Waals surface area contributed by atoms with Crippen LogP contribution in [0.5, 0.6) is 0 Å². The van der Waals surface area contributed by atoms with Gasteiger partial charge in [-0.05, 0) is 92.4 Å². The number of hydrogen-bond acceptors (Lipinski definition) is 2. The molecule has 0 atom stereocenters. The highest BCUT2D eigenvalue weighted by molar-refractivity contribution is 5.72. The number of carbonyl (C=O) groups is 1. The van der Waals surface area contributed by atoms with Crippen molar-refractivity contribution in [3.8, 4) is 0 Å². The third kappa shape index (κ3) is 3.46. The van der Waals surface area contributed by atoms with Gasteiger partial charge in [-0.15, -0.1) is 0 Å². The quantitative estimate of drug-likeness (QED) is 0.328. The van der Waals surface area contributed by atoms with Crippen molar-refractivity contribution >= 4 is 6.29 Å². The molecular formula is C24H38O2. The zero-order chi connectivity index (χ0) is 19.1. The molecule has 6 saturated carbocycles. The number of hydrogen-bond donors (Lipinski definition) is 1. The summed E-state index contributed by atoms with van der Waals surface area (Å²) in [6, 6.07) is 0. The number of rotatable bonds is 8. The predicted octanol–water partition coefficient (Wildman–Crippen LogP) is 6.00. The summed E-state index contributed by atoms with van der Waals surface area (Å²) < 4.78 is 0. The summed E-state index contributed by atoms with van der Waals surface area (Å²) >= 11 is 0. The van der Waals surface area contributed by atoms with Crippen molar-refractivity contribution in [3.05, 3.63) is 23.3 Å². The van der Waals surface area contributed by atoms with Gasteiger partial charge < -0.3 is 5.11 Å². The fourth-order valence-corrected chi connectivity index (χ4v) is 7.15. The molecule has 0 aromatic heterocycles. The molecule has 6 rings (SSSR count).